The second-order valence-corrected chi connectivity index (χ2v) is 3.51. The quantitative estimate of drug-likeness (QED) is 0.761. The van der Waals surface area contributed by atoms with Crippen molar-refractivity contribution in [3.8, 4) is 0 Å². The Labute approximate surface area is 87.2 Å². The van der Waals surface area contributed by atoms with E-state index in [0.717, 1.165) is 0 Å². The second kappa shape index (κ2) is 4.16. The van der Waals surface area contributed by atoms with Gasteiger partial charge in [0.25, 0.3) is 0 Å². The SMILES string of the molecule is CC(=O)c1cnc(C(C)C)nc1C(=O)O. The van der Waals surface area contributed by atoms with Gasteiger partial charge in [0, 0.05) is 12.1 Å². The smallest absolute Gasteiger partial charge is 0.355 e. The Hall–Kier alpha value is -1.78. The number of hydrogen-bond donors (Lipinski definition) is 1. The standard InChI is InChI=1S/C10H12N2O3/c1-5(2)9-11-4-7(6(3)13)8(12-9)10(14)15/h4-5H,1-3H3,(H,14,15). The van der Waals surface area contributed by atoms with E-state index in [-0.39, 0.29) is 23.0 Å². The molecule has 0 saturated carbocycles. The van der Waals surface area contributed by atoms with Gasteiger partial charge in [0.2, 0.25) is 0 Å². The second-order valence-electron chi connectivity index (χ2n) is 3.51. The third-order valence-corrected chi connectivity index (χ3v) is 1.91. The number of Topliss-reactive ketones (excluding diaryl/α,β-unsaturated/α-hetero) is 1. The molecular weight excluding hydrogens is 196 g/mol. The van der Waals surface area contributed by atoms with Crippen LogP contribution in [-0.2, 0) is 0 Å². The monoisotopic (exact) mass is 208 g/mol. The van der Waals surface area contributed by atoms with Crippen LogP contribution >= 0.6 is 0 Å². The summed E-state index contributed by atoms with van der Waals surface area (Å²) in [5.41, 5.74) is -0.173. The third kappa shape index (κ3) is 2.37. The molecule has 0 saturated heterocycles. The van der Waals surface area contributed by atoms with Crippen LogP contribution in [0.4, 0.5) is 0 Å². The number of aromatic carboxylic acids is 1. The average molecular weight is 208 g/mol. The zero-order chi connectivity index (χ0) is 11.6. The highest BCUT2D eigenvalue weighted by molar-refractivity contribution is 6.03. The van der Waals surface area contributed by atoms with Crippen LogP contribution in [-0.4, -0.2) is 26.8 Å². The van der Waals surface area contributed by atoms with Crippen LogP contribution < -0.4 is 0 Å². The fourth-order valence-corrected chi connectivity index (χ4v) is 1.09. The minimum absolute atomic E-state index is 0.0316. The molecule has 0 atom stereocenters. The lowest BCUT2D eigenvalue weighted by Crippen LogP contribution is -2.13. The van der Waals surface area contributed by atoms with Gasteiger partial charge in [0.15, 0.2) is 11.5 Å². The number of nitrogens with zero attached hydrogens (tertiary/aromatic N) is 2. The topological polar surface area (TPSA) is 80.2 Å². The Morgan fingerprint density at radius 1 is 1.40 bits per heavy atom. The summed E-state index contributed by atoms with van der Waals surface area (Å²) in [5.74, 6) is -1.09. The normalized spacial score (nSPS) is 10.4. The molecule has 0 aliphatic rings. The molecule has 0 fully saturated rings. The zero-order valence-corrected chi connectivity index (χ0v) is 8.81. The van der Waals surface area contributed by atoms with Crippen molar-refractivity contribution in [2.45, 2.75) is 26.7 Å². The van der Waals surface area contributed by atoms with Crippen molar-refractivity contribution in [1.29, 1.82) is 0 Å². The van der Waals surface area contributed by atoms with E-state index in [1.165, 1.54) is 13.1 Å². The first kappa shape index (κ1) is 11.3. The highest BCUT2D eigenvalue weighted by Gasteiger charge is 2.17. The Balaban J connectivity index is 3.33. The van der Waals surface area contributed by atoms with Crippen LogP contribution in [0.2, 0.25) is 0 Å². The summed E-state index contributed by atoms with van der Waals surface area (Å²) in [6, 6.07) is 0. The first-order valence-corrected chi connectivity index (χ1v) is 4.54. The molecule has 0 aromatic carbocycles. The van der Waals surface area contributed by atoms with Gasteiger partial charge in [-0.15, -0.1) is 0 Å². The van der Waals surface area contributed by atoms with Gasteiger partial charge in [0.1, 0.15) is 5.82 Å². The van der Waals surface area contributed by atoms with Crippen molar-refractivity contribution >= 4 is 11.8 Å². The van der Waals surface area contributed by atoms with Gasteiger partial charge in [-0.25, -0.2) is 14.8 Å². The molecule has 80 valence electrons. The Kier molecular flexibility index (Phi) is 3.14. The third-order valence-electron chi connectivity index (χ3n) is 1.91. The number of carboxylic acids is 1. The maximum Gasteiger partial charge on any atom is 0.355 e. The fraction of sp³-hybridized carbons (Fsp3) is 0.400. The average Bonchev–Trinajstić information content (AvgIpc) is 2.16. The number of rotatable bonds is 3. The number of carbonyl (C=O) groups is 2. The van der Waals surface area contributed by atoms with E-state index in [0.29, 0.717) is 5.82 Å². The van der Waals surface area contributed by atoms with Crippen molar-refractivity contribution in [1.82, 2.24) is 9.97 Å². The molecule has 0 amide bonds. The van der Waals surface area contributed by atoms with Gasteiger partial charge in [0.05, 0.1) is 5.56 Å². The highest BCUT2D eigenvalue weighted by atomic mass is 16.4. The van der Waals surface area contributed by atoms with E-state index in [2.05, 4.69) is 9.97 Å². The van der Waals surface area contributed by atoms with Crippen molar-refractivity contribution in [3.05, 3.63) is 23.3 Å². The molecule has 1 rings (SSSR count). The Bertz CT molecular complexity index is 413. The summed E-state index contributed by atoms with van der Waals surface area (Å²) in [4.78, 5) is 29.8. The molecular formula is C10H12N2O3. The lowest BCUT2D eigenvalue weighted by Gasteiger charge is -2.06. The number of carboxylic acid groups (broad SMARTS) is 1. The molecule has 0 aliphatic heterocycles. The van der Waals surface area contributed by atoms with Crippen LogP contribution in [0.25, 0.3) is 0 Å². The molecule has 0 spiro atoms. The van der Waals surface area contributed by atoms with Crippen LogP contribution in [0.5, 0.6) is 0 Å². The van der Waals surface area contributed by atoms with Crippen LogP contribution in [0.15, 0.2) is 6.20 Å². The molecule has 0 radical (unpaired) electrons. The van der Waals surface area contributed by atoms with Crippen LogP contribution in [0.1, 0.15) is 53.4 Å². The summed E-state index contributed by atoms with van der Waals surface area (Å²) in [5, 5.41) is 8.88. The van der Waals surface area contributed by atoms with Gasteiger partial charge < -0.3 is 5.11 Å². The summed E-state index contributed by atoms with van der Waals surface area (Å²) in [6.07, 6.45) is 1.27. The van der Waals surface area contributed by atoms with Gasteiger partial charge in [-0.2, -0.15) is 0 Å². The summed E-state index contributed by atoms with van der Waals surface area (Å²) >= 11 is 0. The molecule has 1 aromatic heterocycles. The molecule has 15 heavy (non-hydrogen) atoms. The minimum Gasteiger partial charge on any atom is -0.476 e. The van der Waals surface area contributed by atoms with E-state index < -0.39 is 5.97 Å². The predicted octanol–water partition coefficient (Wildman–Crippen LogP) is 1.50. The summed E-state index contributed by atoms with van der Waals surface area (Å²) < 4.78 is 0. The lowest BCUT2D eigenvalue weighted by molar-refractivity contribution is 0.0685. The molecule has 0 aliphatic carbocycles. The van der Waals surface area contributed by atoms with Gasteiger partial charge in [-0.05, 0) is 6.92 Å². The van der Waals surface area contributed by atoms with Crippen LogP contribution in [0, 0.1) is 0 Å². The maximum atomic E-state index is 11.1. The first-order chi connectivity index (χ1) is 6.93. The first-order valence-electron chi connectivity index (χ1n) is 4.54. The molecule has 1 heterocycles. The number of aromatic nitrogens is 2. The summed E-state index contributed by atoms with van der Waals surface area (Å²) in [6.45, 7) is 5.00. The van der Waals surface area contributed by atoms with Gasteiger partial charge in [-0.1, -0.05) is 13.8 Å². The van der Waals surface area contributed by atoms with E-state index in [1.807, 2.05) is 13.8 Å². The summed E-state index contributed by atoms with van der Waals surface area (Å²) in [7, 11) is 0. The number of carbonyl (C=O) groups excluding carboxylic acids is 1. The molecule has 1 aromatic rings. The van der Waals surface area contributed by atoms with E-state index >= 15 is 0 Å². The van der Waals surface area contributed by atoms with Gasteiger partial charge >= 0.3 is 5.97 Å². The van der Waals surface area contributed by atoms with Crippen LogP contribution in [0.3, 0.4) is 0 Å². The van der Waals surface area contributed by atoms with Crippen molar-refractivity contribution in [2.75, 3.05) is 0 Å². The molecule has 0 bridgehead atoms. The van der Waals surface area contributed by atoms with E-state index in [9.17, 15) is 9.59 Å². The fourth-order valence-electron chi connectivity index (χ4n) is 1.09. The molecule has 0 unspecified atom stereocenters. The minimum atomic E-state index is -1.20. The van der Waals surface area contributed by atoms with E-state index in [4.69, 9.17) is 5.11 Å². The Morgan fingerprint density at radius 2 is 2.00 bits per heavy atom. The zero-order valence-electron chi connectivity index (χ0n) is 8.81. The largest absolute Gasteiger partial charge is 0.476 e. The predicted molar refractivity (Wildman–Crippen MR) is 53.1 cm³/mol. The number of ketones is 1. The van der Waals surface area contributed by atoms with Gasteiger partial charge in [-0.3, -0.25) is 4.79 Å². The van der Waals surface area contributed by atoms with Crippen molar-refractivity contribution in [2.24, 2.45) is 0 Å². The van der Waals surface area contributed by atoms with E-state index in [1.54, 1.807) is 0 Å². The number of hydrogen-bond acceptors (Lipinski definition) is 4. The highest BCUT2D eigenvalue weighted by Crippen LogP contribution is 2.12. The van der Waals surface area contributed by atoms with Crippen molar-refractivity contribution in [3.63, 3.8) is 0 Å². The lowest BCUT2D eigenvalue weighted by atomic mass is 10.1. The van der Waals surface area contributed by atoms with Crippen molar-refractivity contribution < 1.29 is 14.7 Å². The molecule has 1 N–H and O–H groups in total. The maximum absolute atomic E-state index is 11.1. The Morgan fingerprint density at radius 3 is 2.40 bits per heavy atom. The molecule has 5 nitrogen and oxygen atoms in total. The molecule has 5 heteroatoms.